The van der Waals surface area contributed by atoms with Crippen molar-refractivity contribution in [1.82, 2.24) is 4.90 Å². The molecule has 2 aliphatic rings. The van der Waals surface area contributed by atoms with E-state index in [-0.39, 0.29) is 6.29 Å². The molecule has 0 spiro atoms. The van der Waals surface area contributed by atoms with Crippen molar-refractivity contribution in [3.8, 4) is 0 Å². The zero-order valence-corrected chi connectivity index (χ0v) is 10.6. The number of hydrogen-bond donors (Lipinski definition) is 1. The molecule has 0 bridgehead atoms. The fraction of sp³-hybridized carbons (Fsp3) is 1.00. The van der Waals surface area contributed by atoms with Gasteiger partial charge in [-0.3, -0.25) is 0 Å². The Morgan fingerprint density at radius 1 is 1.12 bits per heavy atom. The second kappa shape index (κ2) is 7.31. The molecule has 1 atom stereocenters. The lowest BCUT2D eigenvalue weighted by Gasteiger charge is -2.28. The summed E-state index contributed by atoms with van der Waals surface area (Å²) in [5.74, 6) is 0. The third kappa shape index (κ3) is 4.21. The highest BCUT2D eigenvalue weighted by Gasteiger charge is 2.25. The molecule has 0 aromatic rings. The number of rotatable bonds is 6. The van der Waals surface area contributed by atoms with Crippen LogP contribution >= 0.6 is 0 Å². The molecule has 0 aromatic heterocycles. The first-order valence-electron chi connectivity index (χ1n) is 6.98. The van der Waals surface area contributed by atoms with E-state index in [2.05, 4.69) is 4.90 Å². The molecule has 2 heterocycles. The van der Waals surface area contributed by atoms with E-state index in [0.717, 1.165) is 45.4 Å². The second-order valence-corrected chi connectivity index (χ2v) is 5.01. The Bertz CT molecular complexity index is 207. The molecule has 0 radical (unpaired) electrons. The van der Waals surface area contributed by atoms with Gasteiger partial charge < -0.3 is 19.5 Å². The maximum absolute atomic E-state index is 8.89. The van der Waals surface area contributed by atoms with Gasteiger partial charge in [0.25, 0.3) is 0 Å². The van der Waals surface area contributed by atoms with Gasteiger partial charge in [0, 0.05) is 25.6 Å². The fourth-order valence-corrected chi connectivity index (χ4v) is 2.82. The number of hydrogen-bond acceptors (Lipinski definition) is 4. The third-order valence-electron chi connectivity index (χ3n) is 3.74. The summed E-state index contributed by atoms with van der Waals surface area (Å²) in [5.41, 5.74) is 0. The highest BCUT2D eigenvalue weighted by Crippen LogP contribution is 2.22. The topological polar surface area (TPSA) is 41.9 Å². The summed E-state index contributed by atoms with van der Waals surface area (Å²) in [6.07, 6.45) is 6.66. The van der Waals surface area contributed by atoms with Gasteiger partial charge in [-0.25, -0.2) is 0 Å². The highest BCUT2D eigenvalue weighted by atomic mass is 16.7. The van der Waals surface area contributed by atoms with Crippen molar-refractivity contribution in [3.63, 3.8) is 0 Å². The average molecular weight is 243 g/mol. The normalized spacial score (nSPS) is 27.7. The third-order valence-corrected chi connectivity index (χ3v) is 3.74. The molecular formula is C13H25NO3. The zero-order valence-electron chi connectivity index (χ0n) is 10.6. The largest absolute Gasteiger partial charge is 0.396 e. The molecule has 2 saturated heterocycles. The van der Waals surface area contributed by atoms with E-state index in [1.807, 2.05) is 0 Å². The molecule has 2 fully saturated rings. The molecule has 0 aliphatic carbocycles. The summed E-state index contributed by atoms with van der Waals surface area (Å²) in [7, 11) is 0. The quantitative estimate of drug-likeness (QED) is 0.765. The molecule has 1 N–H and O–H groups in total. The summed E-state index contributed by atoms with van der Waals surface area (Å²) in [5, 5.41) is 8.89. The van der Waals surface area contributed by atoms with Gasteiger partial charge in [-0.1, -0.05) is 0 Å². The van der Waals surface area contributed by atoms with E-state index in [9.17, 15) is 0 Å². The van der Waals surface area contributed by atoms with Crippen LogP contribution in [0.5, 0.6) is 0 Å². The van der Waals surface area contributed by atoms with Crippen molar-refractivity contribution in [3.05, 3.63) is 0 Å². The van der Waals surface area contributed by atoms with Gasteiger partial charge in [0.15, 0.2) is 6.29 Å². The Morgan fingerprint density at radius 3 is 2.71 bits per heavy atom. The predicted molar refractivity (Wildman–Crippen MR) is 65.8 cm³/mol. The van der Waals surface area contributed by atoms with Gasteiger partial charge in [0.1, 0.15) is 0 Å². The Labute approximate surface area is 104 Å². The fourth-order valence-electron chi connectivity index (χ4n) is 2.82. The molecule has 17 heavy (non-hydrogen) atoms. The summed E-state index contributed by atoms with van der Waals surface area (Å²) in [4.78, 5) is 2.54. The van der Waals surface area contributed by atoms with Crippen LogP contribution in [0.3, 0.4) is 0 Å². The van der Waals surface area contributed by atoms with Crippen LogP contribution in [0.4, 0.5) is 0 Å². The SMILES string of the molecule is OCCCC1CCCN1CCC1OCCCO1. The minimum atomic E-state index is 0.0165. The van der Waals surface area contributed by atoms with Gasteiger partial charge in [-0.15, -0.1) is 0 Å². The molecule has 0 saturated carbocycles. The number of aliphatic hydroxyl groups excluding tert-OH is 1. The van der Waals surface area contributed by atoms with Crippen molar-refractivity contribution in [2.75, 3.05) is 32.9 Å². The summed E-state index contributed by atoms with van der Waals surface area (Å²) in [6, 6.07) is 0.672. The number of ether oxygens (including phenoxy) is 2. The van der Waals surface area contributed by atoms with Gasteiger partial charge in [0.05, 0.1) is 13.2 Å². The molecule has 100 valence electrons. The molecule has 2 aliphatic heterocycles. The second-order valence-electron chi connectivity index (χ2n) is 5.01. The lowest BCUT2D eigenvalue weighted by Crippen LogP contribution is -2.34. The van der Waals surface area contributed by atoms with Gasteiger partial charge in [-0.2, -0.15) is 0 Å². The zero-order chi connectivity index (χ0) is 11.9. The summed E-state index contributed by atoms with van der Waals surface area (Å²) in [6.45, 7) is 4.28. The Hall–Kier alpha value is -0.160. The number of likely N-dealkylation sites (tertiary alicyclic amines) is 1. The maximum atomic E-state index is 8.89. The summed E-state index contributed by atoms with van der Waals surface area (Å²) < 4.78 is 11.1. The Kier molecular flexibility index (Phi) is 5.71. The van der Waals surface area contributed by atoms with E-state index < -0.39 is 0 Å². The Balaban J connectivity index is 1.66. The molecule has 0 amide bonds. The van der Waals surface area contributed by atoms with Crippen LogP contribution in [0.25, 0.3) is 0 Å². The lowest BCUT2D eigenvalue weighted by atomic mass is 10.1. The maximum Gasteiger partial charge on any atom is 0.158 e. The van der Waals surface area contributed by atoms with E-state index >= 15 is 0 Å². The van der Waals surface area contributed by atoms with E-state index in [1.165, 1.54) is 19.4 Å². The van der Waals surface area contributed by atoms with Crippen LogP contribution in [0.1, 0.15) is 38.5 Å². The number of aliphatic hydroxyl groups is 1. The molecule has 1 unspecified atom stereocenters. The lowest BCUT2D eigenvalue weighted by molar-refractivity contribution is -0.182. The van der Waals surface area contributed by atoms with Crippen LogP contribution < -0.4 is 0 Å². The van der Waals surface area contributed by atoms with Crippen molar-refractivity contribution < 1.29 is 14.6 Å². The average Bonchev–Trinajstić information content (AvgIpc) is 2.82. The van der Waals surface area contributed by atoms with Crippen molar-refractivity contribution >= 4 is 0 Å². The van der Waals surface area contributed by atoms with E-state index in [0.29, 0.717) is 12.6 Å². The number of nitrogens with zero attached hydrogens (tertiary/aromatic N) is 1. The Morgan fingerprint density at radius 2 is 1.94 bits per heavy atom. The predicted octanol–water partition coefficient (Wildman–Crippen LogP) is 1.38. The minimum Gasteiger partial charge on any atom is -0.396 e. The molecule has 4 nitrogen and oxygen atoms in total. The van der Waals surface area contributed by atoms with Crippen molar-refractivity contribution in [2.24, 2.45) is 0 Å². The van der Waals surface area contributed by atoms with Crippen molar-refractivity contribution in [2.45, 2.75) is 50.9 Å². The highest BCUT2D eigenvalue weighted by molar-refractivity contribution is 4.79. The van der Waals surface area contributed by atoms with Gasteiger partial charge in [-0.05, 0) is 38.6 Å². The summed E-state index contributed by atoms with van der Waals surface area (Å²) >= 11 is 0. The monoisotopic (exact) mass is 243 g/mol. The van der Waals surface area contributed by atoms with E-state index in [4.69, 9.17) is 14.6 Å². The van der Waals surface area contributed by atoms with Crippen molar-refractivity contribution in [1.29, 1.82) is 0 Å². The first-order valence-corrected chi connectivity index (χ1v) is 6.98. The van der Waals surface area contributed by atoms with E-state index in [1.54, 1.807) is 0 Å². The first-order chi connectivity index (χ1) is 8.40. The van der Waals surface area contributed by atoms with Crippen LogP contribution in [-0.4, -0.2) is 55.2 Å². The van der Waals surface area contributed by atoms with Gasteiger partial charge >= 0.3 is 0 Å². The smallest absolute Gasteiger partial charge is 0.158 e. The molecule has 2 rings (SSSR count). The molecular weight excluding hydrogens is 218 g/mol. The van der Waals surface area contributed by atoms with Crippen LogP contribution in [0, 0.1) is 0 Å². The standard InChI is InChI=1S/C13H25NO3/c15-9-2-5-12-4-1-7-14(12)8-6-13-16-10-3-11-17-13/h12-13,15H,1-11H2. The van der Waals surface area contributed by atoms with Crippen LogP contribution in [-0.2, 0) is 9.47 Å². The molecule has 0 aromatic carbocycles. The minimum absolute atomic E-state index is 0.0165. The van der Waals surface area contributed by atoms with Gasteiger partial charge in [0.2, 0.25) is 0 Å². The van der Waals surface area contributed by atoms with Crippen LogP contribution in [0.15, 0.2) is 0 Å². The van der Waals surface area contributed by atoms with Crippen LogP contribution in [0.2, 0.25) is 0 Å². The molecule has 4 heteroatoms. The first kappa shape index (κ1) is 13.3.